The maximum absolute atomic E-state index is 12.8. The molecule has 7 rings (SSSR count). The minimum Gasteiger partial charge on any atom is -0.481 e. The average Bonchev–Trinajstić information content (AvgIpc) is 3.68. The number of carbonyl (C=O) groups is 2. The van der Waals surface area contributed by atoms with E-state index in [-0.39, 0.29) is 36.2 Å². The molecular formula is C30H33N5O6S. The molecule has 3 aromatic rings. The quantitative estimate of drug-likeness (QED) is 0.447. The van der Waals surface area contributed by atoms with Crippen LogP contribution in [0.2, 0.25) is 0 Å². The highest BCUT2D eigenvalue weighted by Crippen LogP contribution is 2.45. The molecule has 2 aromatic heterocycles. The number of amides is 2. The first kappa shape index (κ1) is 27.4. The number of nitrogens with one attached hydrogen (secondary N) is 1. The molecule has 0 radical (unpaired) electrons. The Morgan fingerprint density at radius 1 is 1.14 bits per heavy atom. The largest absolute Gasteiger partial charge is 0.481 e. The van der Waals surface area contributed by atoms with Crippen LogP contribution in [0.4, 0.5) is 16.2 Å². The van der Waals surface area contributed by atoms with Crippen LogP contribution in [-0.2, 0) is 19.0 Å². The number of thioether (sulfide) groups is 1. The highest BCUT2D eigenvalue weighted by molar-refractivity contribution is 8.00. The maximum Gasteiger partial charge on any atom is 0.414 e. The minimum absolute atomic E-state index is 0.0366. The van der Waals surface area contributed by atoms with E-state index in [4.69, 9.17) is 23.9 Å². The SMILES string of the molecule is COc1ccc2nccc([C@H]3OC(C)(C)O[C@@H]3C3CCN(C[C@@H]4CN(c5ccc6c(c5)NC(=O)CS6)C(=O)O4)C3)c2n1. The summed E-state index contributed by atoms with van der Waals surface area (Å²) in [6, 6.07) is 11.4. The Bertz CT molecular complexity index is 1550. The van der Waals surface area contributed by atoms with Crippen LogP contribution >= 0.6 is 11.8 Å². The Kier molecular flexibility index (Phi) is 6.96. The molecule has 4 aliphatic rings. The maximum atomic E-state index is 12.8. The number of anilines is 2. The third-order valence-corrected chi connectivity index (χ3v) is 9.32. The molecule has 0 bridgehead atoms. The first-order chi connectivity index (χ1) is 20.3. The molecule has 4 aliphatic heterocycles. The summed E-state index contributed by atoms with van der Waals surface area (Å²) in [4.78, 5) is 38.8. The summed E-state index contributed by atoms with van der Waals surface area (Å²) < 4.78 is 24.2. The van der Waals surface area contributed by atoms with Crippen LogP contribution in [0, 0.1) is 5.92 Å². The first-order valence-corrected chi connectivity index (χ1v) is 15.2. The Labute approximate surface area is 247 Å². The van der Waals surface area contributed by atoms with Crippen LogP contribution in [0.5, 0.6) is 5.88 Å². The number of rotatable bonds is 6. The molecule has 4 atom stereocenters. The number of benzene rings is 1. The minimum atomic E-state index is -0.744. The lowest BCUT2D eigenvalue weighted by molar-refractivity contribution is -0.150. The molecule has 1 unspecified atom stereocenters. The zero-order valence-corrected chi connectivity index (χ0v) is 24.6. The van der Waals surface area contributed by atoms with Gasteiger partial charge in [-0.3, -0.25) is 19.6 Å². The molecule has 220 valence electrons. The van der Waals surface area contributed by atoms with Crippen molar-refractivity contribution in [3.05, 3.63) is 48.2 Å². The lowest BCUT2D eigenvalue weighted by atomic mass is 9.92. The number of pyridine rings is 2. The van der Waals surface area contributed by atoms with Crippen LogP contribution in [0.1, 0.15) is 31.9 Å². The normalized spacial score (nSPS) is 27.3. The number of hydrogen-bond acceptors (Lipinski definition) is 10. The van der Waals surface area contributed by atoms with Gasteiger partial charge in [0.2, 0.25) is 11.8 Å². The van der Waals surface area contributed by atoms with Gasteiger partial charge in [0.1, 0.15) is 12.2 Å². The molecule has 0 spiro atoms. The highest BCUT2D eigenvalue weighted by atomic mass is 32.2. The van der Waals surface area contributed by atoms with Crippen LogP contribution in [0.15, 0.2) is 47.5 Å². The van der Waals surface area contributed by atoms with Crippen molar-refractivity contribution in [1.29, 1.82) is 0 Å². The van der Waals surface area contributed by atoms with Crippen molar-refractivity contribution in [1.82, 2.24) is 14.9 Å². The van der Waals surface area contributed by atoms with Gasteiger partial charge in [0.25, 0.3) is 0 Å². The molecule has 2 amide bonds. The van der Waals surface area contributed by atoms with Gasteiger partial charge in [-0.05, 0) is 57.1 Å². The Hall–Kier alpha value is -3.45. The number of fused-ring (bicyclic) bond motifs is 2. The fourth-order valence-corrected chi connectivity index (χ4v) is 7.18. The van der Waals surface area contributed by atoms with E-state index in [1.165, 1.54) is 11.8 Å². The third-order valence-electron chi connectivity index (χ3n) is 8.25. The summed E-state index contributed by atoms with van der Waals surface area (Å²) in [5, 5.41) is 2.89. The van der Waals surface area contributed by atoms with Crippen molar-refractivity contribution in [3.63, 3.8) is 0 Å². The number of cyclic esters (lactones) is 1. The van der Waals surface area contributed by atoms with E-state index in [2.05, 4.69) is 15.2 Å². The van der Waals surface area contributed by atoms with Crippen molar-refractivity contribution >= 4 is 46.2 Å². The zero-order chi connectivity index (χ0) is 29.0. The van der Waals surface area contributed by atoms with Gasteiger partial charge in [0.15, 0.2) is 5.79 Å². The predicted molar refractivity (Wildman–Crippen MR) is 157 cm³/mol. The van der Waals surface area contributed by atoms with Crippen LogP contribution in [-0.4, -0.2) is 83.9 Å². The van der Waals surface area contributed by atoms with Gasteiger partial charge < -0.3 is 24.3 Å². The van der Waals surface area contributed by atoms with E-state index in [0.717, 1.165) is 52.4 Å². The van der Waals surface area contributed by atoms with Gasteiger partial charge in [-0.2, -0.15) is 0 Å². The molecule has 1 aromatic carbocycles. The number of ether oxygens (including phenoxy) is 4. The lowest BCUT2D eigenvalue weighted by Gasteiger charge is -2.25. The van der Waals surface area contributed by atoms with Crippen molar-refractivity contribution in [2.45, 2.75) is 49.3 Å². The molecule has 3 saturated heterocycles. The Morgan fingerprint density at radius 3 is 2.88 bits per heavy atom. The van der Waals surface area contributed by atoms with E-state index in [0.29, 0.717) is 24.7 Å². The molecule has 0 saturated carbocycles. The van der Waals surface area contributed by atoms with E-state index in [1.54, 1.807) is 24.3 Å². The molecule has 6 heterocycles. The fourth-order valence-electron chi connectivity index (χ4n) is 6.40. The van der Waals surface area contributed by atoms with Gasteiger partial charge >= 0.3 is 6.09 Å². The third kappa shape index (κ3) is 5.17. The van der Waals surface area contributed by atoms with Gasteiger partial charge in [0.05, 0.1) is 42.2 Å². The lowest BCUT2D eigenvalue weighted by Crippen LogP contribution is -2.35. The molecular weight excluding hydrogens is 558 g/mol. The molecule has 1 N–H and O–H groups in total. The molecule has 3 fully saturated rings. The Balaban J connectivity index is 1.04. The standard InChI is InChI=1S/C30H33N5O6S/c1-30(2)40-27(28(41-30)20-8-10-31-21-5-7-25(38-3)33-26(20)21)17-9-11-34(13-17)14-19-15-35(29(37)39-19)18-4-6-23-22(12-18)32-24(36)16-42-23/h4-8,10,12,17,19,27-28H,9,11,13-16H2,1-3H3,(H,32,36)/t17?,19-,27-,28-/m1/s1. The van der Waals surface area contributed by atoms with E-state index in [1.807, 2.05) is 44.2 Å². The zero-order valence-electron chi connectivity index (χ0n) is 23.7. The topological polar surface area (TPSA) is 115 Å². The summed E-state index contributed by atoms with van der Waals surface area (Å²) in [7, 11) is 1.60. The smallest absolute Gasteiger partial charge is 0.414 e. The fraction of sp³-hybridized carbons (Fsp3) is 0.467. The number of methoxy groups -OCH3 is 1. The van der Waals surface area contributed by atoms with Crippen molar-refractivity contribution in [2.24, 2.45) is 5.92 Å². The highest BCUT2D eigenvalue weighted by Gasteiger charge is 2.48. The molecule has 0 aliphatic carbocycles. The molecule has 11 nitrogen and oxygen atoms in total. The second kappa shape index (κ2) is 10.7. The number of carbonyl (C=O) groups excluding carboxylic acids is 2. The first-order valence-electron chi connectivity index (χ1n) is 14.2. The summed E-state index contributed by atoms with van der Waals surface area (Å²) >= 11 is 1.50. The average molecular weight is 592 g/mol. The number of hydrogen-bond donors (Lipinski definition) is 1. The van der Waals surface area contributed by atoms with Crippen molar-refractivity contribution in [2.75, 3.05) is 49.3 Å². The number of likely N-dealkylation sites (tertiary alicyclic amines) is 1. The van der Waals surface area contributed by atoms with Crippen molar-refractivity contribution in [3.8, 4) is 5.88 Å². The van der Waals surface area contributed by atoms with E-state index >= 15 is 0 Å². The second-order valence-corrected chi connectivity index (χ2v) is 12.6. The van der Waals surface area contributed by atoms with Crippen LogP contribution in [0.3, 0.4) is 0 Å². The predicted octanol–water partition coefficient (Wildman–Crippen LogP) is 4.22. The van der Waals surface area contributed by atoms with Crippen molar-refractivity contribution < 1.29 is 28.5 Å². The van der Waals surface area contributed by atoms with Gasteiger partial charge in [-0.15, -0.1) is 11.8 Å². The number of aromatic nitrogens is 2. The van der Waals surface area contributed by atoms with E-state index in [9.17, 15) is 9.59 Å². The number of nitrogens with zero attached hydrogens (tertiary/aromatic N) is 4. The van der Waals surface area contributed by atoms with Gasteiger partial charge in [0, 0.05) is 47.4 Å². The van der Waals surface area contributed by atoms with Crippen LogP contribution in [0.25, 0.3) is 11.0 Å². The van der Waals surface area contributed by atoms with E-state index < -0.39 is 5.79 Å². The summed E-state index contributed by atoms with van der Waals surface area (Å²) in [5.41, 5.74) is 3.93. The van der Waals surface area contributed by atoms with Crippen LogP contribution < -0.4 is 15.0 Å². The summed E-state index contributed by atoms with van der Waals surface area (Å²) in [6.07, 6.45) is 1.62. The summed E-state index contributed by atoms with van der Waals surface area (Å²) in [5.74, 6) is 0.368. The Morgan fingerprint density at radius 2 is 2.02 bits per heavy atom. The molecule has 42 heavy (non-hydrogen) atoms. The second-order valence-electron chi connectivity index (χ2n) is 11.6. The molecule has 12 heteroatoms. The van der Waals surface area contributed by atoms with Gasteiger partial charge in [-0.25, -0.2) is 9.78 Å². The monoisotopic (exact) mass is 591 g/mol. The van der Waals surface area contributed by atoms with Gasteiger partial charge in [-0.1, -0.05) is 0 Å². The summed E-state index contributed by atoms with van der Waals surface area (Å²) in [6.45, 7) is 6.65.